The molecule has 1 unspecified atom stereocenters. The van der Waals surface area contributed by atoms with Crippen molar-refractivity contribution < 1.29 is 4.79 Å². The van der Waals surface area contributed by atoms with Gasteiger partial charge < -0.3 is 15.1 Å². The van der Waals surface area contributed by atoms with Crippen molar-refractivity contribution in [2.75, 3.05) is 57.3 Å². The van der Waals surface area contributed by atoms with Crippen LogP contribution in [0.3, 0.4) is 0 Å². The molecule has 3 rings (SSSR count). The number of benzene rings is 1. The highest BCUT2D eigenvalue weighted by atomic mass is 35.5. The third kappa shape index (κ3) is 4.66. The number of hydrogen-bond acceptors (Lipinski definition) is 4. The van der Waals surface area contributed by atoms with Crippen molar-refractivity contribution in [3.05, 3.63) is 29.8 Å². The Morgan fingerprint density at radius 1 is 1.12 bits per heavy atom. The van der Waals surface area contributed by atoms with E-state index in [1.54, 1.807) is 0 Å². The molecule has 5 nitrogen and oxygen atoms in total. The van der Waals surface area contributed by atoms with Crippen molar-refractivity contribution in [2.24, 2.45) is 0 Å². The van der Waals surface area contributed by atoms with Crippen LogP contribution in [0.4, 0.5) is 5.69 Å². The van der Waals surface area contributed by atoms with Crippen LogP contribution in [0.1, 0.15) is 30.6 Å². The van der Waals surface area contributed by atoms with E-state index in [0.29, 0.717) is 6.04 Å². The summed E-state index contributed by atoms with van der Waals surface area (Å²) in [5, 5.41) is 3.40. The Kier molecular flexibility index (Phi) is 7.54. The number of rotatable bonds is 5. The van der Waals surface area contributed by atoms with Gasteiger partial charge in [0.1, 0.15) is 0 Å². The van der Waals surface area contributed by atoms with Gasteiger partial charge in [-0.05, 0) is 44.5 Å². The fraction of sp³-hybridized carbons (Fsp3) is 0.632. The Morgan fingerprint density at radius 3 is 2.36 bits per heavy atom. The summed E-state index contributed by atoms with van der Waals surface area (Å²) in [6, 6.07) is 8.64. The van der Waals surface area contributed by atoms with Crippen LogP contribution >= 0.6 is 12.4 Å². The molecule has 2 saturated heterocycles. The highest BCUT2D eigenvalue weighted by molar-refractivity contribution is 5.94. The minimum Gasteiger partial charge on any atom is -0.372 e. The summed E-state index contributed by atoms with van der Waals surface area (Å²) in [7, 11) is 0. The van der Waals surface area contributed by atoms with Gasteiger partial charge in [0.2, 0.25) is 0 Å². The first-order valence-corrected chi connectivity index (χ1v) is 9.32. The summed E-state index contributed by atoms with van der Waals surface area (Å²) >= 11 is 0. The second kappa shape index (κ2) is 9.41. The second-order valence-corrected chi connectivity index (χ2v) is 6.70. The molecule has 1 N–H and O–H groups in total. The summed E-state index contributed by atoms with van der Waals surface area (Å²) in [6.45, 7) is 12.4. The first-order chi connectivity index (χ1) is 11.7. The predicted molar refractivity (Wildman–Crippen MR) is 106 cm³/mol. The van der Waals surface area contributed by atoms with Gasteiger partial charge in [0.05, 0.1) is 0 Å². The van der Waals surface area contributed by atoms with Gasteiger partial charge in [-0.1, -0.05) is 0 Å². The highest BCUT2D eigenvalue weighted by Gasteiger charge is 2.31. The average molecular weight is 367 g/mol. The van der Waals surface area contributed by atoms with Crippen LogP contribution in [-0.2, 0) is 0 Å². The zero-order valence-corrected chi connectivity index (χ0v) is 16.2. The second-order valence-electron chi connectivity index (χ2n) is 6.70. The Labute approximate surface area is 157 Å². The minimum atomic E-state index is 0. The molecule has 2 aliphatic heterocycles. The zero-order chi connectivity index (χ0) is 16.9. The molecule has 2 aliphatic rings. The van der Waals surface area contributed by atoms with Gasteiger partial charge in [0.15, 0.2) is 0 Å². The predicted octanol–water partition coefficient (Wildman–Crippen LogP) is 2.07. The number of likely N-dealkylation sites (tertiary alicyclic amines) is 1. The number of anilines is 1. The minimum absolute atomic E-state index is 0. The van der Waals surface area contributed by atoms with E-state index in [1.165, 1.54) is 5.69 Å². The van der Waals surface area contributed by atoms with Crippen LogP contribution in [0.2, 0.25) is 0 Å². The lowest BCUT2D eigenvalue weighted by molar-refractivity contribution is 0.0773. The van der Waals surface area contributed by atoms with Crippen LogP contribution in [0.25, 0.3) is 0 Å². The topological polar surface area (TPSA) is 38.8 Å². The number of carbonyl (C=O) groups excluding carboxylic acids is 1. The van der Waals surface area contributed by atoms with E-state index in [0.717, 1.165) is 64.3 Å². The maximum Gasteiger partial charge on any atom is 0.253 e. The van der Waals surface area contributed by atoms with Crippen LogP contribution in [0, 0.1) is 0 Å². The zero-order valence-electron chi connectivity index (χ0n) is 15.4. The molecule has 6 heteroatoms. The summed E-state index contributed by atoms with van der Waals surface area (Å²) in [5.74, 6) is 0.179. The van der Waals surface area contributed by atoms with Crippen molar-refractivity contribution >= 4 is 24.0 Å². The first kappa shape index (κ1) is 20.0. The normalized spacial score (nSPS) is 21.0. The van der Waals surface area contributed by atoms with Crippen molar-refractivity contribution in [1.82, 2.24) is 15.1 Å². The molecule has 2 heterocycles. The number of amides is 1. The average Bonchev–Trinajstić information content (AvgIpc) is 3.14. The largest absolute Gasteiger partial charge is 0.372 e. The summed E-state index contributed by atoms with van der Waals surface area (Å²) in [6.07, 6.45) is 1.10. The SMILES string of the molecule is CCN(CC)c1ccc(C(=O)N2CCC(N3CCNCC3)C2)cc1.Cl. The third-order valence-electron chi connectivity index (χ3n) is 5.36. The Balaban J connectivity index is 0.00000225. The lowest BCUT2D eigenvalue weighted by Gasteiger charge is -2.32. The maximum atomic E-state index is 12.8. The van der Waals surface area contributed by atoms with Gasteiger partial charge in [-0.25, -0.2) is 0 Å². The molecule has 1 aromatic rings. The number of piperazine rings is 1. The lowest BCUT2D eigenvalue weighted by atomic mass is 10.1. The molecule has 140 valence electrons. The standard InChI is InChI=1S/C19H30N4O.ClH/c1-3-21(4-2)17-7-5-16(6-8-17)19(24)23-12-9-18(15-23)22-13-10-20-11-14-22;/h5-8,18,20H,3-4,9-15H2,1-2H3;1H. The molecule has 25 heavy (non-hydrogen) atoms. The Morgan fingerprint density at radius 2 is 1.76 bits per heavy atom. The number of halogens is 1. The maximum absolute atomic E-state index is 12.8. The van der Waals surface area contributed by atoms with Gasteiger partial charge in [0.25, 0.3) is 5.91 Å². The van der Waals surface area contributed by atoms with E-state index in [1.807, 2.05) is 17.0 Å². The molecule has 1 amide bonds. The van der Waals surface area contributed by atoms with E-state index in [9.17, 15) is 4.79 Å². The van der Waals surface area contributed by atoms with Crippen LogP contribution in [0.5, 0.6) is 0 Å². The van der Waals surface area contributed by atoms with E-state index < -0.39 is 0 Å². The van der Waals surface area contributed by atoms with Crippen molar-refractivity contribution in [3.63, 3.8) is 0 Å². The van der Waals surface area contributed by atoms with E-state index in [-0.39, 0.29) is 18.3 Å². The third-order valence-corrected chi connectivity index (χ3v) is 5.36. The van der Waals surface area contributed by atoms with Gasteiger partial charge >= 0.3 is 0 Å². The molecule has 0 spiro atoms. The molecule has 0 aromatic heterocycles. The molecule has 0 saturated carbocycles. The van der Waals surface area contributed by atoms with E-state index in [4.69, 9.17) is 0 Å². The quantitative estimate of drug-likeness (QED) is 0.866. The van der Waals surface area contributed by atoms with Gasteiger partial charge in [0, 0.05) is 69.7 Å². The molecule has 0 bridgehead atoms. The monoisotopic (exact) mass is 366 g/mol. The van der Waals surface area contributed by atoms with Gasteiger partial charge in [-0.15, -0.1) is 12.4 Å². The molecule has 1 aromatic carbocycles. The Bertz CT molecular complexity index is 541. The Hall–Kier alpha value is -1.30. The molecule has 0 radical (unpaired) electrons. The van der Waals surface area contributed by atoms with Crippen molar-refractivity contribution in [1.29, 1.82) is 0 Å². The smallest absolute Gasteiger partial charge is 0.253 e. The highest BCUT2D eigenvalue weighted by Crippen LogP contribution is 2.20. The molecule has 1 atom stereocenters. The first-order valence-electron chi connectivity index (χ1n) is 9.32. The lowest BCUT2D eigenvalue weighted by Crippen LogP contribution is -2.49. The van der Waals surface area contributed by atoms with Crippen LogP contribution in [-0.4, -0.2) is 74.1 Å². The fourth-order valence-electron chi connectivity index (χ4n) is 3.86. The summed E-state index contributed by atoms with van der Waals surface area (Å²) in [5.41, 5.74) is 2.00. The fourth-order valence-corrected chi connectivity index (χ4v) is 3.86. The van der Waals surface area contributed by atoms with Gasteiger partial charge in [-0.2, -0.15) is 0 Å². The molecule has 0 aliphatic carbocycles. The van der Waals surface area contributed by atoms with Gasteiger partial charge in [-0.3, -0.25) is 9.69 Å². The number of hydrogen-bond donors (Lipinski definition) is 1. The summed E-state index contributed by atoms with van der Waals surface area (Å²) in [4.78, 5) is 19.6. The van der Waals surface area contributed by atoms with Crippen molar-refractivity contribution in [3.8, 4) is 0 Å². The van der Waals surface area contributed by atoms with Crippen LogP contribution in [0.15, 0.2) is 24.3 Å². The van der Waals surface area contributed by atoms with E-state index >= 15 is 0 Å². The molecular weight excluding hydrogens is 336 g/mol. The van der Waals surface area contributed by atoms with E-state index in [2.05, 4.69) is 41.1 Å². The molecular formula is C19H31ClN4O. The van der Waals surface area contributed by atoms with Crippen LogP contribution < -0.4 is 10.2 Å². The summed E-state index contributed by atoms with van der Waals surface area (Å²) < 4.78 is 0. The number of carbonyl (C=O) groups is 1. The van der Waals surface area contributed by atoms with Crippen molar-refractivity contribution in [2.45, 2.75) is 26.3 Å². The molecule has 2 fully saturated rings. The number of nitrogens with zero attached hydrogens (tertiary/aromatic N) is 3. The number of nitrogens with one attached hydrogen (secondary N) is 1.